The van der Waals surface area contributed by atoms with Crippen LogP contribution in [-0.2, 0) is 29.9 Å². The molecule has 1 aliphatic heterocycles. The van der Waals surface area contributed by atoms with Crippen LogP contribution in [0.15, 0.2) is 53.7 Å². The van der Waals surface area contributed by atoms with Gasteiger partial charge in [0.15, 0.2) is 0 Å². The lowest BCUT2D eigenvalue weighted by molar-refractivity contribution is 0.190. The van der Waals surface area contributed by atoms with E-state index in [0.29, 0.717) is 18.0 Å². The van der Waals surface area contributed by atoms with Crippen molar-refractivity contribution >= 4 is 21.1 Å². The molecular weight excluding hydrogens is 384 g/mol. The van der Waals surface area contributed by atoms with Gasteiger partial charge in [-0.2, -0.15) is 4.31 Å². The van der Waals surface area contributed by atoms with Gasteiger partial charge < -0.3 is 9.47 Å². The smallest absolute Gasteiger partial charge is 0.243 e. The van der Waals surface area contributed by atoms with Gasteiger partial charge in [-0.15, -0.1) is 0 Å². The van der Waals surface area contributed by atoms with E-state index < -0.39 is 10.0 Å². The van der Waals surface area contributed by atoms with Crippen LogP contribution in [0.5, 0.6) is 0 Å². The van der Waals surface area contributed by atoms with Crippen molar-refractivity contribution in [2.45, 2.75) is 24.7 Å². The predicted molar refractivity (Wildman–Crippen MR) is 115 cm³/mol. The summed E-state index contributed by atoms with van der Waals surface area (Å²) in [4.78, 5) is 7.19. The fourth-order valence-corrected chi connectivity index (χ4v) is 5.43. The minimum Gasteiger partial charge on any atom is -0.335 e. The number of hydrogen-bond donors (Lipinski definition) is 0. The molecule has 29 heavy (non-hydrogen) atoms. The third kappa shape index (κ3) is 4.08. The van der Waals surface area contributed by atoms with Crippen molar-refractivity contribution in [3.8, 4) is 0 Å². The molecule has 6 nitrogen and oxygen atoms in total. The summed E-state index contributed by atoms with van der Waals surface area (Å²) in [5.41, 5.74) is 3.45. The Kier molecular flexibility index (Phi) is 5.72. The third-order valence-electron chi connectivity index (χ3n) is 5.81. The number of hydrogen-bond acceptors (Lipinski definition) is 4. The molecule has 0 spiro atoms. The van der Waals surface area contributed by atoms with Crippen molar-refractivity contribution in [2.24, 2.45) is 7.05 Å². The number of sulfonamides is 1. The molecule has 0 saturated carbocycles. The van der Waals surface area contributed by atoms with Gasteiger partial charge in [-0.25, -0.2) is 13.4 Å². The predicted octanol–water partition coefficient (Wildman–Crippen LogP) is 2.68. The molecule has 1 fully saturated rings. The van der Waals surface area contributed by atoms with Crippen LogP contribution < -0.4 is 0 Å². The molecule has 0 bridgehead atoms. The summed E-state index contributed by atoms with van der Waals surface area (Å²) >= 11 is 0. The average molecular weight is 413 g/mol. The topological polar surface area (TPSA) is 58.4 Å². The van der Waals surface area contributed by atoms with E-state index >= 15 is 0 Å². The largest absolute Gasteiger partial charge is 0.335 e. The number of rotatable bonds is 6. The molecule has 4 rings (SSSR count). The maximum Gasteiger partial charge on any atom is 0.243 e. The molecule has 1 saturated heterocycles. The van der Waals surface area contributed by atoms with Crippen molar-refractivity contribution < 1.29 is 8.42 Å². The van der Waals surface area contributed by atoms with E-state index in [9.17, 15) is 8.42 Å². The average Bonchev–Trinajstić information content (AvgIpc) is 3.08. The zero-order chi connectivity index (χ0) is 20.4. The molecule has 2 aromatic heterocycles. The molecule has 0 radical (unpaired) electrons. The molecule has 0 unspecified atom stereocenters. The summed E-state index contributed by atoms with van der Waals surface area (Å²) in [6.45, 7) is 5.58. The Morgan fingerprint density at radius 2 is 1.76 bits per heavy atom. The van der Waals surface area contributed by atoms with Crippen molar-refractivity contribution in [2.75, 3.05) is 32.7 Å². The Labute approximate surface area is 172 Å². The van der Waals surface area contributed by atoms with E-state index in [-0.39, 0.29) is 0 Å². The molecule has 0 aliphatic carbocycles. The lowest BCUT2D eigenvalue weighted by Crippen LogP contribution is -2.48. The van der Waals surface area contributed by atoms with Crippen molar-refractivity contribution in [1.82, 2.24) is 18.8 Å². The quantitative estimate of drug-likeness (QED) is 0.625. The van der Waals surface area contributed by atoms with Crippen LogP contribution in [0.25, 0.3) is 11.0 Å². The number of fused-ring (bicyclic) bond motifs is 1. The van der Waals surface area contributed by atoms with Gasteiger partial charge in [-0.05, 0) is 48.2 Å². The molecule has 1 aliphatic rings. The van der Waals surface area contributed by atoms with E-state index in [1.165, 1.54) is 10.9 Å². The first-order valence-corrected chi connectivity index (χ1v) is 11.6. The fraction of sp³-hybridized carbons (Fsp3) is 0.409. The fourth-order valence-electron chi connectivity index (χ4n) is 4.01. The Morgan fingerprint density at radius 1 is 1.03 bits per heavy atom. The Hall–Kier alpha value is -2.22. The first-order valence-electron chi connectivity index (χ1n) is 10.2. The highest BCUT2D eigenvalue weighted by atomic mass is 32.2. The van der Waals surface area contributed by atoms with Crippen molar-refractivity contribution in [3.63, 3.8) is 0 Å². The number of nitrogens with zero attached hydrogens (tertiary/aromatic N) is 4. The molecule has 3 heterocycles. The molecule has 1 aromatic carbocycles. The highest BCUT2D eigenvalue weighted by molar-refractivity contribution is 7.89. The van der Waals surface area contributed by atoms with Crippen LogP contribution in [0.4, 0.5) is 0 Å². The third-order valence-corrected chi connectivity index (χ3v) is 7.73. The molecule has 0 amide bonds. The molecule has 0 atom stereocenters. The summed E-state index contributed by atoms with van der Waals surface area (Å²) in [6, 6.07) is 11.4. The van der Waals surface area contributed by atoms with E-state index in [0.717, 1.165) is 43.7 Å². The van der Waals surface area contributed by atoms with Crippen LogP contribution in [0.1, 0.15) is 18.1 Å². The maximum atomic E-state index is 12.9. The first-order chi connectivity index (χ1) is 14.0. The molecular formula is C22H28N4O2S. The van der Waals surface area contributed by atoms with E-state index in [1.54, 1.807) is 16.4 Å². The second kappa shape index (κ2) is 8.26. The second-order valence-electron chi connectivity index (χ2n) is 7.63. The highest BCUT2D eigenvalue weighted by Gasteiger charge is 2.28. The maximum absolute atomic E-state index is 12.9. The zero-order valence-corrected chi connectivity index (χ0v) is 17.9. The molecule has 7 heteroatoms. The van der Waals surface area contributed by atoms with Gasteiger partial charge in [0.25, 0.3) is 0 Å². The minimum absolute atomic E-state index is 0.395. The Bertz CT molecular complexity index is 1080. The van der Waals surface area contributed by atoms with E-state index in [1.807, 2.05) is 31.4 Å². The summed E-state index contributed by atoms with van der Waals surface area (Å²) in [6.07, 6.45) is 5.82. The number of pyridine rings is 1. The summed E-state index contributed by atoms with van der Waals surface area (Å²) in [5, 5.41) is 1.20. The van der Waals surface area contributed by atoms with E-state index in [4.69, 9.17) is 0 Å². The lowest BCUT2D eigenvalue weighted by Gasteiger charge is -2.34. The normalized spacial score (nSPS) is 16.5. The van der Waals surface area contributed by atoms with Crippen LogP contribution >= 0.6 is 0 Å². The van der Waals surface area contributed by atoms with Gasteiger partial charge in [-0.1, -0.05) is 19.1 Å². The number of aromatic nitrogens is 2. The molecule has 0 N–H and O–H groups in total. The van der Waals surface area contributed by atoms with Gasteiger partial charge in [0.2, 0.25) is 10.0 Å². The SMILES string of the molecule is CCc1ccc(S(=O)(=O)N2CCN(CCc3cn(C)c4ncccc34)CC2)cc1. The van der Waals surface area contributed by atoms with Crippen molar-refractivity contribution in [3.05, 3.63) is 59.9 Å². The van der Waals surface area contributed by atoms with Crippen molar-refractivity contribution in [1.29, 1.82) is 0 Å². The van der Waals surface area contributed by atoms with Crippen LogP contribution in [-0.4, -0.2) is 59.9 Å². The Balaban J connectivity index is 1.36. The molecule has 154 valence electrons. The number of piperazine rings is 1. The minimum atomic E-state index is -3.41. The van der Waals surface area contributed by atoms with Gasteiger partial charge in [0.1, 0.15) is 5.65 Å². The van der Waals surface area contributed by atoms with Gasteiger partial charge in [0.05, 0.1) is 4.90 Å². The van der Waals surface area contributed by atoms with Crippen LogP contribution in [0.2, 0.25) is 0 Å². The number of aryl methyl sites for hydroxylation is 2. The lowest BCUT2D eigenvalue weighted by atomic mass is 10.1. The highest BCUT2D eigenvalue weighted by Crippen LogP contribution is 2.21. The summed E-state index contributed by atoms with van der Waals surface area (Å²) in [5.74, 6) is 0. The zero-order valence-electron chi connectivity index (χ0n) is 17.1. The monoisotopic (exact) mass is 412 g/mol. The Morgan fingerprint density at radius 3 is 2.45 bits per heavy atom. The molecule has 3 aromatic rings. The number of benzene rings is 1. The van der Waals surface area contributed by atoms with E-state index in [2.05, 4.69) is 33.6 Å². The van der Waals surface area contributed by atoms with Gasteiger partial charge in [-0.3, -0.25) is 0 Å². The van der Waals surface area contributed by atoms with Gasteiger partial charge in [0, 0.05) is 57.6 Å². The first kappa shape index (κ1) is 20.1. The summed E-state index contributed by atoms with van der Waals surface area (Å²) < 4.78 is 29.5. The van der Waals surface area contributed by atoms with Crippen LogP contribution in [0.3, 0.4) is 0 Å². The summed E-state index contributed by atoms with van der Waals surface area (Å²) in [7, 11) is -1.38. The standard InChI is InChI=1S/C22H28N4O2S/c1-3-18-6-8-20(9-7-18)29(27,28)26-15-13-25(14-16-26)12-10-19-17-24(2)22-21(19)5-4-11-23-22/h4-9,11,17H,3,10,12-16H2,1-2H3. The van der Waals surface area contributed by atoms with Crippen LogP contribution in [0, 0.1) is 0 Å². The van der Waals surface area contributed by atoms with Gasteiger partial charge >= 0.3 is 0 Å². The second-order valence-corrected chi connectivity index (χ2v) is 9.57.